The highest BCUT2D eigenvalue weighted by atomic mass is 16.5. The molecule has 1 aliphatic rings. The lowest BCUT2D eigenvalue weighted by molar-refractivity contribution is 0.0341. The SMILES string of the molecule is CN(C(=O)c1cccc(CN2CCOCC2)c1)C(c1ccccc1)c1ccccn1. The van der Waals surface area contributed by atoms with E-state index in [1.54, 1.807) is 11.1 Å². The maximum atomic E-state index is 13.4. The predicted molar refractivity (Wildman–Crippen MR) is 117 cm³/mol. The van der Waals surface area contributed by atoms with Gasteiger partial charge in [-0.1, -0.05) is 48.5 Å². The summed E-state index contributed by atoms with van der Waals surface area (Å²) in [4.78, 5) is 22.1. The van der Waals surface area contributed by atoms with Crippen molar-refractivity contribution in [3.8, 4) is 0 Å². The van der Waals surface area contributed by atoms with Gasteiger partial charge < -0.3 is 9.64 Å². The molecule has 4 rings (SSSR count). The Morgan fingerprint density at radius 3 is 2.53 bits per heavy atom. The molecule has 5 nitrogen and oxygen atoms in total. The van der Waals surface area contributed by atoms with Gasteiger partial charge in [0.15, 0.2) is 0 Å². The second-order valence-electron chi connectivity index (χ2n) is 7.57. The highest BCUT2D eigenvalue weighted by molar-refractivity contribution is 5.94. The van der Waals surface area contributed by atoms with E-state index in [1.165, 1.54) is 0 Å². The van der Waals surface area contributed by atoms with Crippen LogP contribution in [-0.4, -0.2) is 54.0 Å². The van der Waals surface area contributed by atoms with Gasteiger partial charge >= 0.3 is 0 Å². The topological polar surface area (TPSA) is 45.7 Å². The lowest BCUT2D eigenvalue weighted by Crippen LogP contribution is -2.35. The van der Waals surface area contributed by atoms with Gasteiger partial charge in [0.25, 0.3) is 5.91 Å². The zero-order valence-electron chi connectivity index (χ0n) is 17.3. The van der Waals surface area contributed by atoms with Gasteiger partial charge in [0.1, 0.15) is 0 Å². The summed E-state index contributed by atoms with van der Waals surface area (Å²) in [6, 6.07) is 23.6. The number of carbonyl (C=O) groups is 1. The molecule has 0 spiro atoms. The molecule has 1 unspecified atom stereocenters. The average Bonchev–Trinajstić information content (AvgIpc) is 2.81. The number of ether oxygens (including phenoxy) is 1. The van der Waals surface area contributed by atoms with Crippen molar-refractivity contribution in [3.63, 3.8) is 0 Å². The van der Waals surface area contributed by atoms with E-state index >= 15 is 0 Å². The van der Waals surface area contributed by atoms with Crippen molar-refractivity contribution in [2.45, 2.75) is 12.6 Å². The molecule has 1 aromatic heterocycles. The van der Waals surface area contributed by atoms with E-state index in [0.29, 0.717) is 5.56 Å². The molecule has 2 aromatic carbocycles. The van der Waals surface area contributed by atoms with Crippen molar-refractivity contribution in [2.75, 3.05) is 33.4 Å². The van der Waals surface area contributed by atoms with Gasteiger partial charge in [0.05, 0.1) is 24.9 Å². The molecule has 5 heteroatoms. The van der Waals surface area contributed by atoms with Crippen molar-refractivity contribution < 1.29 is 9.53 Å². The fourth-order valence-corrected chi connectivity index (χ4v) is 3.91. The summed E-state index contributed by atoms with van der Waals surface area (Å²) in [6.45, 7) is 4.21. The number of amides is 1. The maximum Gasteiger partial charge on any atom is 0.254 e. The van der Waals surface area contributed by atoms with Crippen LogP contribution in [0, 0.1) is 0 Å². The number of pyridine rings is 1. The Morgan fingerprint density at radius 1 is 1.03 bits per heavy atom. The molecule has 0 bridgehead atoms. The normalized spacial score (nSPS) is 15.5. The number of rotatable bonds is 6. The summed E-state index contributed by atoms with van der Waals surface area (Å²) in [5, 5.41) is 0. The van der Waals surface area contributed by atoms with E-state index in [-0.39, 0.29) is 11.9 Å². The highest BCUT2D eigenvalue weighted by Gasteiger charge is 2.25. The van der Waals surface area contributed by atoms with Crippen LogP contribution in [0.4, 0.5) is 0 Å². The Kier molecular flexibility index (Phi) is 6.52. The van der Waals surface area contributed by atoms with Crippen LogP contribution < -0.4 is 0 Å². The van der Waals surface area contributed by atoms with E-state index < -0.39 is 0 Å². The smallest absolute Gasteiger partial charge is 0.254 e. The molecule has 0 N–H and O–H groups in total. The summed E-state index contributed by atoms with van der Waals surface area (Å²) in [6.07, 6.45) is 1.77. The summed E-state index contributed by atoms with van der Waals surface area (Å²) >= 11 is 0. The van der Waals surface area contributed by atoms with Crippen LogP contribution in [0.25, 0.3) is 0 Å². The Morgan fingerprint density at radius 2 is 1.80 bits per heavy atom. The molecule has 30 heavy (non-hydrogen) atoms. The molecule has 1 aliphatic heterocycles. The first-order chi connectivity index (χ1) is 14.7. The number of hydrogen-bond donors (Lipinski definition) is 0. The van der Waals surface area contributed by atoms with Crippen LogP contribution in [0.5, 0.6) is 0 Å². The summed E-state index contributed by atoms with van der Waals surface area (Å²) in [5.74, 6) is -0.0154. The third-order valence-corrected chi connectivity index (χ3v) is 5.47. The maximum absolute atomic E-state index is 13.4. The second kappa shape index (κ2) is 9.65. The average molecular weight is 402 g/mol. The number of carbonyl (C=O) groups excluding carboxylic acids is 1. The lowest BCUT2D eigenvalue weighted by atomic mass is 10.0. The Labute approximate surface area is 177 Å². The molecule has 3 aromatic rings. The Hall–Kier alpha value is -3.02. The fraction of sp³-hybridized carbons (Fsp3) is 0.280. The molecule has 2 heterocycles. The molecule has 1 atom stereocenters. The molecule has 0 aliphatic carbocycles. The largest absolute Gasteiger partial charge is 0.379 e. The van der Waals surface area contributed by atoms with E-state index in [2.05, 4.69) is 16.0 Å². The first-order valence-corrected chi connectivity index (χ1v) is 10.3. The fourth-order valence-electron chi connectivity index (χ4n) is 3.91. The van der Waals surface area contributed by atoms with Gasteiger partial charge in [-0.3, -0.25) is 14.7 Å². The highest BCUT2D eigenvalue weighted by Crippen LogP contribution is 2.27. The van der Waals surface area contributed by atoms with E-state index in [9.17, 15) is 4.79 Å². The zero-order valence-corrected chi connectivity index (χ0v) is 17.3. The Bertz CT molecular complexity index is 917. The molecule has 1 fully saturated rings. The second-order valence-corrected chi connectivity index (χ2v) is 7.57. The molecular weight excluding hydrogens is 374 g/mol. The van der Waals surface area contributed by atoms with Gasteiger partial charge in [-0.25, -0.2) is 0 Å². The van der Waals surface area contributed by atoms with Crippen LogP contribution in [0.3, 0.4) is 0 Å². The van der Waals surface area contributed by atoms with Crippen molar-refractivity contribution in [2.24, 2.45) is 0 Å². The van der Waals surface area contributed by atoms with Crippen LogP contribution in [0.15, 0.2) is 79.0 Å². The minimum absolute atomic E-state index is 0.0154. The molecule has 154 valence electrons. The Balaban J connectivity index is 1.58. The van der Waals surface area contributed by atoms with Gasteiger partial charge in [-0.05, 0) is 35.4 Å². The van der Waals surface area contributed by atoms with Gasteiger partial charge in [0, 0.05) is 38.4 Å². The van der Waals surface area contributed by atoms with Gasteiger partial charge in [-0.2, -0.15) is 0 Å². The molecule has 0 radical (unpaired) electrons. The number of nitrogens with zero attached hydrogens (tertiary/aromatic N) is 3. The minimum Gasteiger partial charge on any atom is -0.379 e. The summed E-state index contributed by atoms with van der Waals surface area (Å²) < 4.78 is 5.43. The van der Waals surface area contributed by atoms with E-state index in [4.69, 9.17) is 4.74 Å². The number of hydrogen-bond acceptors (Lipinski definition) is 4. The number of benzene rings is 2. The minimum atomic E-state index is -0.247. The lowest BCUT2D eigenvalue weighted by Gasteiger charge is -2.29. The summed E-state index contributed by atoms with van der Waals surface area (Å²) in [5.41, 5.74) is 3.73. The molecule has 1 saturated heterocycles. The van der Waals surface area contributed by atoms with E-state index in [1.807, 2.05) is 73.8 Å². The van der Waals surface area contributed by atoms with Gasteiger partial charge in [0.2, 0.25) is 0 Å². The quantitative estimate of drug-likeness (QED) is 0.631. The van der Waals surface area contributed by atoms with Crippen molar-refractivity contribution >= 4 is 5.91 Å². The first kappa shape index (κ1) is 20.3. The van der Waals surface area contributed by atoms with Crippen molar-refractivity contribution in [1.82, 2.24) is 14.8 Å². The van der Waals surface area contributed by atoms with Crippen LogP contribution in [0.2, 0.25) is 0 Å². The molecule has 1 amide bonds. The third kappa shape index (κ3) is 4.75. The van der Waals surface area contributed by atoms with Crippen molar-refractivity contribution in [1.29, 1.82) is 0 Å². The summed E-state index contributed by atoms with van der Waals surface area (Å²) in [7, 11) is 1.85. The molecular formula is C25H27N3O2. The van der Waals surface area contributed by atoms with Crippen LogP contribution >= 0.6 is 0 Å². The predicted octanol–water partition coefficient (Wildman–Crippen LogP) is 3.78. The number of morpholine rings is 1. The van der Waals surface area contributed by atoms with Crippen LogP contribution in [0.1, 0.15) is 33.2 Å². The third-order valence-electron chi connectivity index (χ3n) is 5.47. The van der Waals surface area contributed by atoms with Crippen LogP contribution in [-0.2, 0) is 11.3 Å². The van der Waals surface area contributed by atoms with Crippen molar-refractivity contribution in [3.05, 3.63) is 101 Å². The van der Waals surface area contributed by atoms with Gasteiger partial charge in [-0.15, -0.1) is 0 Å². The zero-order chi connectivity index (χ0) is 20.8. The first-order valence-electron chi connectivity index (χ1n) is 10.3. The number of aromatic nitrogens is 1. The van der Waals surface area contributed by atoms with E-state index in [0.717, 1.165) is 49.7 Å². The molecule has 0 saturated carbocycles. The standard InChI is InChI=1S/C25H27N3O2/c1-27(24(21-9-3-2-4-10-21)23-12-5-6-13-26-23)25(29)22-11-7-8-20(18-22)19-28-14-16-30-17-15-28/h2-13,18,24H,14-17,19H2,1H3. The monoisotopic (exact) mass is 401 g/mol.